The molecule has 4 aliphatic rings. The van der Waals surface area contributed by atoms with Crippen molar-refractivity contribution in [1.82, 2.24) is 19.4 Å². The van der Waals surface area contributed by atoms with Gasteiger partial charge in [-0.15, -0.1) is 0 Å². The summed E-state index contributed by atoms with van der Waals surface area (Å²) >= 11 is 0. The maximum absolute atomic E-state index is 13.0. The second-order valence-electron chi connectivity index (χ2n) is 10.2. The van der Waals surface area contributed by atoms with Gasteiger partial charge in [0.2, 0.25) is 11.8 Å². The van der Waals surface area contributed by atoms with Crippen LogP contribution in [0.3, 0.4) is 0 Å². The molecule has 7 heteroatoms. The molecule has 7 nitrogen and oxygen atoms in total. The number of amides is 2. The van der Waals surface area contributed by atoms with E-state index in [-0.39, 0.29) is 41.2 Å². The lowest BCUT2D eigenvalue weighted by molar-refractivity contribution is -0.167. The third-order valence-corrected chi connectivity index (χ3v) is 8.68. The molecule has 1 N–H and O–H groups in total. The molecule has 2 amide bonds. The molecule has 0 radical (unpaired) electrons. The molecule has 0 bridgehead atoms. The maximum Gasteiger partial charge on any atom is 0.226 e. The maximum atomic E-state index is 13.0. The number of likely N-dealkylation sites (tertiary alicyclic amines) is 2. The molecule has 3 aliphatic heterocycles. The Kier molecular flexibility index (Phi) is 4.47. The summed E-state index contributed by atoms with van der Waals surface area (Å²) in [7, 11) is 1.80. The van der Waals surface area contributed by atoms with Gasteiger partial charge >= 0.3 is 0 Å². The minimum Gasteiger partial charge on any atom is -0.392 e. The molecule has 2 aromatic rings. The average molecular weight is 435 g/mol. The monoisotopic (exact) mass is 434 g/mol. The molecule has 3 fully saturated rings. The van der Waals surface area contributed by atoms with Crippen LogP contribution in [-0.4, -0.2) is 69.1 Å². The lowest BCUT2D eigenvalue weighted by Gasteiger charge is -2.58. The normalized spacial score (nSPS) is 30.8. The Morgan fingerprint density at radius 3 is 2.72 bits per heavy atom. The Labute approximate surface area is 188 Å². The van der Waals surface area contributed by atoms with Crippen LogP contribution < -0.4 is 0 Å². The van der Waals surface area contributed by atoms with Gasteiger partial charge in [-0.3, -0.25) is 9.59 Å². The number of carbonyl (C=O) groups excluding carboxylic acids is 2. The first kappa shape index (κ1) is 20.0. The first-order valence-corrected chi connectivity index (χ1v) is 11.8. The Bertz CT molecular complexity index is 1070. The van der Waals surface area contributed by atoms with Gasteiger partial charge in [0.1, 0.15) is 0 Å². The summed E-state index contributed by atoms with van der Waals surface area (Å²) in [5, 5.41) is 11.4. The first-order valence-electron chi connectivity index (χ1n) is 11.8. The van der Waals surface area contributed by atoms with Gasteiger partial charge in [-0.05, 0) is 31.2 Å². The van der Waals surface area contributed by atoms with E-state index in [1.165, 1.54) is 11.1 Å². The minimum absolute atomic E-state index is 0.0658. The Morgan fingerprint density at radius 1 is 1.19 bits per heavy atom. The zero-order valence-corrected chi connectivity index (χ0v) is 18.5. The molecule has 2 unspecified atom stereocenters. The number of piperidine rings is 2. The standard InChI is InChI=1S/C25H30N4O3/c1-27-9-6-16(12-21(27)30)24(32)28-10-7-25(8-11-28)13-19(23(25)31)22-18-5-3-2-4-17(18)20-14-26-15-29(20)22/h2-5,14-16,19,22-23,31H,6-13H2,1H3/t16?,19-,22?,23+/m0/s1. The summed E-state index contributed by atoms with van der Waals surface area (Å²) in [5.41, 5.74) is 3.54. The molecular weight excluding hydrogens is 404 g/mol. The Morgan fingerprint density at radius 2 is 1.97 bits per heavy atom. The van der Waals surface area contributed by atoms with E-state index in [0.717, 1.165) is 31.4 Å². The summed E-state index contributed by atoms with van der Waals surface area (Å²) in [5.74, 6) is 0.178. The number of hydrogen-bond acceptors (Lipinski definition) is 4. The molecule has 6 rings (SSSR count). The highest BCUT2D eigenvalue weighted by molar-refractivity contribution is 5.87. The fraction of sp³-hybridized carbons (Fsp3) is 0.560. The van der Waals surface area contributed by atoms with Crippen molar-refractivity contribution in [2.75, 3.05) is 26.7 Å². The van der Waals surface area contributed by atoms with Gasteiger partial charge in [-0.2, -0.15) is 0 Å². The smallest absolute Gasteiger partial charge is 0.226 e. The van der Waals surface area contributed by atoms with E-state index in [9.17, 15) is 14.7 Å². The van der Waals surface area contributed by atoms with Crippen molar-refractivity contribution in [3.8, 4) is 11.3 Å². The Hall–Kier alpha value is -2.67. The van der Waals surface area contributed by atoms with Crippen LogP contribution >= 0.6 is 0 Å². The zero-order valence-electron chi connectivity index (χ0n) is 18.5. The minimum atomic E-state index is -0.379. The van der Waals surface area contributed by atoms with Crippen molar-refractivity contribution in [3.63, 3.8) is 0 Å². The second kappa shape index (κ2) is 7.17. The molecular formula is C25H30N4O3. The summed E-state index contributed by atoms with van der Waals surface area (Å²) in [6.07, 6.45) is 7.15. The summed E-state index contributed by atoms with van der Waals surface area (Å²) in [6.45, 7) is 2.02. The van der Waals surface area contributed by atoms with Gasteiger partial charge in [-0.25, -0.2) is 4.98 Å². The van der Waals surface area contributed by atoms with Crippen LogP contribution in [0.25, 0.3) is 11.3 Å². The molecule has 4 heterocycles. The van der Waals surface area contributed by atoms with Gasteiger partial charge in [0.15, 0.2) is 0 Å². The number of hydrogen-bond donors (Lipinski definition) is 1. The van der Waals surface area contributed by atoms with Crippen molar-refractivity contribution in [2.24, 2.45) is 17.3 Å². The number of aliphatic hydroxyl groups excluding tert-OH is 1. The van der Waals surface area contributed by atoms with Gasteiger partial charge in [0.05, 0.1) is 30.4 Å². The number of benzene rings is 1. The largest absolute Gasteiger partial charge is 0.392 e. The first-order chi connectivity index (χ1) is 15.5. The molecule has 4 atom stereocenters. The average Bonchev–Trinajstić information content (AvgIpc) is 3.40. The van der Waals surface area contributed by atoms with Crippen molar-refractivity contribution in [1.29, 1.82) is 0 Å². The Balaban J connectivity index is 1.13. The number of carbonyl (C=O) groups is 2. The van der Waals surface area contributed by atoms with E-state index in [4.69, 9.17) is 0 Å². The van der Waals surface area contributed by atoms with Crippen LogP contribution in [0, 0.1) is 17.3 Å². The molecule has 1 aromatic carbocycles. The molecule has 1 saturated carbocycles. The highest BCUT2D eigenvalue weighted by Gasteiger charge is 2.58. The van der Waals surface area contributed by atoms with Gasteiger partial charge in [0, 0.05) is 55.9 Å². The number of rotatable bonds is 2. The van der Waals surface area contributed by atoms with Crippen LogP contribution in [0.5, 0.6) is 0 Å². The number of imidazole rings is 1. The molecule has 32 heavy (non-hydrogen) atoms. The molecule has 1 aliphatic carbocycles. The van der Waals surface area contributed by atoms with E-state index in [2.05, 4.69) is 33.8 Å². The van der Waals surface area contributed by atoms with E-state index in [1.807, 2.05) is 17.4 Å². The van der Waals surface area contributed by atoms with Gasteiger partial charge in [0.25, 0.3) is 0 Å². The quantitative estimate of drug-likeness (QED) is 0.787. The number of nitrogens with zero attached hydrogens (tertiary/aromatic N) is 4. The fourth-order valence-electron chi connectivity index (χ4n) is 6.67. The lowest BCUT2D eigenvalue weighted by Crippen LogP contribution is -2.60. The third kappa shape index (κ3) is 2.80. The van der Waals surface area contributed by atoms with Crippen LogP contribution in [0.4, 0.5) is 0 Å². The second-order valence-corrected chi connectivity index (χ2v) is 10.2. The predicted molar refractivity (Wildman–Crippen MR) is 119 cm³/mol. The summed E-state index contributed by atoms with van der Waals surface area (Å²) in [4.78, 5) is 33.0. The van der Waals surface area contributed by atoms with Crippen LogP contribution in [0.1, 0.15) is 43.7 Å². The van der Waals surface area contributed by atoms with Crippen molar-refractivity contribution in [3.05, 3.63) is 42.4 Å². The highest BCUT2D eigenvalue weighted by Crippen LogP contribution is 2.59. The number of aromatic nitrogens is 2. The van der Waals surface area contributed by atoms with Crippen molar-refractivity contribution < 1.29 is 14.7 Å². The van der Waals surface area contributed by atoms with Gasteiger partial charge < -0.3 is 19.5 Å². The third-order valence-electron chi connectivity index (χ3n) is 8.68. The topological polar surface area (TPSA) is 78.7 Å². The van der Waals surface area contributed by atoms with Crippen LogP contribution in [-0.2, 0) is 9.59 Å². The molecule has 1 spiro atoms. The van der Waals surface area contributed by atoms with Crippen molar-refractivity contribution in [2.45, 2.75) is 44.2 Å². The van der Waals surface area contributed by atoms with E-state index in [0.29, 0.717) is 26.1 Å². The highest BCUT2D eigenvalue weighted by atomic mass is 16.3. The molecule has 168 valence electrons. The van der Waals surface area contributed by atoms with Crippen molar-refractivity contribution >= 4 is 11.8 Å². The zero-order chi connectivity index (χ0) is 22.0. The SMILES string of the molecule is CN1CCC(C(=O)N2CCC3(CC2)C[C@@H](C2c4ccccc4-c4cncn42)[C@H]3O)CC1=O. The fourth-order valence-corrected chi connectivity index (χ4v) is 6.67. The van der Waals surface area contributed by atoms with Crippen LogP contribution in [0.2, 0.25) is 0 Å². The van der Waals surface area contributed by atoms with E-state index in [1.54, 1.807) is 11.9 Å². The van der Waals surface area contributed by atoms with Gasteiger partial charge in [-0.1, -0.05) is 24.3 Å². The number of aliphatic hydroxyl groups is 1. The number of fused-ring (bicyclic) bond motifs is 3. The van der Waals surface area contributed by atoms with E-state index >= 15 is 0 Å². The van der Waals surface area contributed by atoms with E-state index < -0.39 is 0 Å². The predicted octanol–water partition coefficient (Wildman–Crippen LogP) is 2.31. The van der Waals surface area contributed by atoms with Crippen LogP contribution in [0.15, 0.2) is 36.8 Å². The summed E-state index contributed by atoms with van der Waals surface area (Å²) in [6, 6.07) is 8.58. The molecule has 1 aromatic heterocycles. The summed E-state index contributed by atoms with van der Waals surface area (Å²) < 4.78 is 2.22. The lowest BCUT2D eigenvalue weighted by atomic mass is 9.53. The molecule has 2 saturated heterocycles.